The van der Waals surface area contributed by atoms with Crippen molar-refractivity contribution in [3.8, 4) is 11.3 Å². The SMILES string of the molecule is Cc1c(C(=O)NC2CCC2)cc(-c2cc(Cl)cc(C(=O)NC(C)(C)C)c2)n1CC1CCCCC1. The fourth-order valence-electron chi connectivity index (χ4n) is 5.07. The molecule has 2 saturated carbocycles. The van der Waals surface area contributed by atoms with Crippen molar-refractivity contribution in [2.75, 3.05) is 0 Å². The van der Waals surface area contributed by atoms with E-state index in [4.69, 9.17) is 11.6 Å². The summed E-state index contributed by atoms with van der Waals surface area (Å²) in [4.78, 5) is 26.0. The van der Waals surface area contributed by atoms with Crippen LogP contribution in [0.25, 0.3) is 11.3 Å². The molecule has 0 radical (unpaired) electrons. The zero-order chi connectivity index (χ0) is 24.5. The number of nitrogens with one attached hydrogen (secondary N) is 2. The highest BCUT2D eigenvalue weighted by Gasteiger charge is 2.26. The van der Waals surface area contributed by atoms with E-state index in [1.807, 2.05) is 45.9 Å². The van der Waals surface area contributed by atoms with Crippen molar-refractivity contribution < 1.29 is 9.59 Å². The Morgan fingerprint density at radius 3 is 2.29 bits per heavy atom. The van der Waals surface area contributed by atoms with Gasteiger partial charge in [-0.1, -0.05) is 30.9 Å². The molecule has 184 valence electrons. The van der Waals surface area contributed by atoms with E-state index in [0.29, 0.717) is 16.5 Å². The lowest BCUT2D eigenvalue weighted by Crippen LogP contribution is -2.40. The van der Waals surface area contributed by atoms with Crippen LogP contribution in [0.1, 0.15) is 98.5 Å². The van der Waals surface area contributed by atoms with Gasteiger partial charge in [0.15, 0.2) is 0 Å². The molecule has 0 saturated heterocycles. The maximum Gasteiger partial charge on any atom is 0.253 e. The molecule has 2 fully saturated rings. The van der Waals surface area contributed by atoms with Gasteiger partial charge in [-0.3, -0.25) is 9.59 Å². The highest BCUT2D eigenvalue weighted by molar-refractivity contribution is 6.31. The first-order valence-corrected chi connectivity index (χ1v) is 13.1. The van der Waals surface area contributed by atoms with Crippen LogP contribution in [0.15, 0.2) is 24.3 Å². The number of amides is 2. The highest BCUT2D eigenvalue weighted by Crippen LogP contribution is 2.33. The van der Waals surface area contributed by atoms with Gasteiger partial charge in [-0.05, 0) is 90.0 Å². The van der Waals surface area contributed by atoms with Gasteiger partial charge in [0, 0.05) is 45.7 Å². The van der Waals surface area contributed by atoms with E-state index in [9.17, 15) is 9.59 Å². The van der Waals surface area contributed by atoms with Gasteiger partial charge in [0.05, 0.1) is 5.56 Å². The van der Waals surface area contributed by atoms with Crippen molar-refractivity contribution in [2.24, 2.45) is 5.92 Å². The molecular weight excluding hydrogens is 446 g/mol. The number of halogens is 1. The van der Waals surface area contributed by atoms with Crippen molar-refractivity contribution in [2.45, 2.75) is 97.2 Å². The number of nitrogens with zero attached hydrogens (tertiary/aromatic N) is 1. The van der Waals surface area contributed by atoms with E-state index in [-0.39, 0.29) is 23.4 Å². The molecule has 1 aromatic carbocycles. The maximum atomic E-state index is 13.1. The summed E-state index contributed by atoms with van der Waals surface area (Å²) in [7, 11) is 0. The number of hydrogen-bond acceptors (Lipinski definition) is 2. The van der Waals surface area contributed by atoms with Crippen LogP contribution in [0.2, 0.25) is 5.02 Å². The Balaban J connectivity index is 1.72. The second-order valence-electron chi connectivity index (χ2n) is 11.2. The Labute approximate surface area is 208 Å². The molecule has 1 aromatic heterocycles. The standard InChI is InChI=1S/C28H38ClN3O2/c1-18-24(27(34)30-23-11-8-12-23)16-25(32(18)17-19-9-6-5-7-10-19)20-13-21(15-22(29)14-20)26(33)31-28(2,3)4/h13-16,19,23H,5-12,17H2,1-4H3,(H,30,34)(H,31,33). The molecule has 2 aromatic rings. The minimum absolute atomic E-state index is 0.00132. The third kappa shape index (κ3) is 5.86. The van der Waals surface area contributed by atoms with E-state index in [2.05, 4.69) is 15.2 Å². The Kier molecular flexibility index (Phi) is 7.42. The molecule has 5 nitrogen and oxygen atoms in total. The third-order valence-electron chi connectivity index (χ3n) is 7.16. The largest absolute Gasteiger partial charge is 0.349 e. The third-order valence-corrected chi connectivity index (χ3v) is 7.38. The predicted molar refractivity (Wildman–Crippen MR) is 139 cm³/mol. The number of rotatable bonds is 6. The van der Waals surface area contributed by atoms with Gasteiger partial charge < -0.3 is 15.2 Å². The molecule has 4 rings (SSSR count). The zero-order valence-electron chi connectivity index (χ0n) is 21.0. The van der Waals surface area contributed by atoms with Crippen LogP contribution < -0.4 is 10.6 Å². The first-order valence-electron chi connectivity index (χ1n) is 12.7. The van der Waals surface area contributed by atoms with Crippen molar-refractivity contribution >= 4 is 23.4 Å². The molecule has 34 heavy (non-hydrogen) atoms. The van der Waals surface area contributed by atoms with Crippen LogP contribution in [0.5, 0.6) is 0 Å². The van der Waals surface area contributed by atoms with Crippen LogP contribution in [-0.4, -0.2) is 28.0 Å². The molecule has 2 amide bonds. The summed E-state index contributed by atoms with van der Waals surface area (Å²) in [6.07, 6.45) is 9.57. The number of hydrogen-bond donors (Lipinski definition) is 2. The van der Waals surface area contributed by atoms with E-state index in [1.54, 1.807) is 6.07 Å². The normalized spacial score (nSPS) is 17.3. The van der Waals surface area contributed by atoms with Crippen molar-refractivity contribution in [1.29, 1.82) is 0 Å². The quantitative estimate of drug-likeness (QED) is 0.492. The summed E-state index contributed by atoms with van der Waals surface area (Å²) >= 11 is 6.50. The summed E-state index contributed by atoms with van der Waals surface area (Å²) < 4.78 is 2.28. The summed E-state index contributed by atoms with van der Waals surface area (Å²) in [5.41, 5.74) is 3.71. The Bertz CT molecular complexity index is 1060. The molecule has 0 spiro atoms. The molecule has 0 bridgehead atoms. The van der Waals surface area contributed by atoms with Crippen molar-refractivity contribution in [3.05, 3.63) is 46.1 Å². The number of carbonyl (C=O) groups is 2. The molecule has 0 aliphatic heterocycles. The van der Waals surface area contributed by atoms with Crippen LogP contribution in [0, 0.1) is 12.8 Å². The molecule has 1 heterocycles. The fourth-order valence-corrected chi connectivity index (χ4v) is 5.31. The monoisotopic (exact) mass is 483 g/mol. The first kappa shape index (κ1) is 24.8. The minimum Gasteiger partial charge on any atom is -0.349 e. The van der Waals surface area contributed by atoms with Crippen molar-refractivity contribution in [1.82, 2.24) is 15.2 Å². The second kappa shape index (κ2) is 10.2. The predicted octanol–water partition coefficient (Wildman–Crippen LogP) is 6.51. The van der Waals surface area contributed by atoms with E-state index < -0.39 is 0 Å². The Morgan fingerprint density at radius 2 is 1.68 bits per heavy atom. The maximum absolute atomic E-state index is 13.1. The topological polar surface area (TPSA) is 63.1 Å². The fraction of sp³-hybridized carbons (Fsp3) is 0.571. The molecule has 0 atom stereocenters. The average molecular weight is 484 g/mol. The molecule has 2 aliphatic carbocycles. The second-order valence-corrected chi connectivity index (χ2v) is 11.6. The molecule has 2 N–H and O–H groups in total. The lowest BCUT2D eigenvalue weighted by Gasteiger charge is -2.26. The zero-order valence-corrected chi connectivity index (χ0v) is 21.7. The summed E-state index contributed by atoms with van der Waals surface area (Å²) in [5, 5.41) is 6.73. The molecule has 0 unspecified atom stereocenters. The van der Waals surface area contributed by atoms with Gasteiger partial charge in [0.25, 0.3) is 11.8 Å². The van der Waals surface area contributed by atoms with Crippen LogP contribution in [-0.2, 0) is 6.54 Å². The Morgan fingerprint density at radius 1 is 0.971 bits per heavy atom. The highest BCUT2D eigenvalue weighted by atomic mass is 35.5. The Hall–Kier alpha value is -2.27. The van der Waals surface area contributed by atoms with E-state index in [1.165, 1.54) is 38.5 Å². The average Bonchev–Trinajstić information content (AvgIpc) is 3.06. The summed E-state index contributed by atoms with van der Waals surface area (Å²) in [5.74, 6) is 0.448. The number of carbonyl (C=O) groups excluding carboxylic acids is 2. The van der Waals surface area contributed by atoms with Gasteiger partial charge in [-0.2, -0.15) is 0 Å². The van der Waals surface area contributed by atoms with E-state index >= 15 is 0 Å². The van der Waals surface area contributed by atoms with Gasteiger partial charge in [-0.25, -0.2) is 0 Å². The van der Waals surface area contributed by atoms with Gasteiger partial charge in [0.2, 0.25) is 0 Å². The lowest BCUT2D eigenvalue weighted by atomic mass is 9.89. The minimum atomic E-state index is -0.343. The number of benzene rings is 1. The van der Waals surface area contributed by atoms with Crippen LogP contribution in [0.3, 0.4) is 0 Å². The summed E-state index contributed by atoms with van der Waals surface area (Å²) in [6, 6.07) is 7.78. The molecular formula is C28H38ClN3O2. The molecule has 2 aliphatic rings. The van der Waals surface area contributed by atoms with Crippen molar-refractivity contribution in [3.63, 3.8) is 0 Å². The number of aromatic nitrogens is 1. The van der Waals surface area contributed by atoms with Crippen LogP contribution in [0.4, 0.5) is 0 Å². The smallest absolute Gasteiger partial charge is 0.253 e. The van der Waals surface area contributed by atoms with Crippen LogP contribution >= 0.6 is 11.6 Å². The summed E-state index contributed by atoms with van der Waals surface area (Å²) in [6.45, 7) is 8.81. The van der Waals surface area contributed by atoms with Gasteiger partial charge in [-0.15, -0.1) is 0 Å². The van der Waals surface area contributed by atoms with E-state index in [0.717, 1.165) is 41.9 Å². The molecule has 6 heteroatoms. The lowest BCUT2D eigenvalue weighted by molar-refractivity contribution is 0.0908. The first-order chi connectivity index (χ1) is 16.1. The van der Waals surface area contributed by atoms with Gasteiger partial charge in [0.1, 0.15) is 0 Å². The van der Waals surface area contributed by atoms with Gasteiger partial charge >= 0.3 is 0 Å².